The topological polar surface area (TPSA) is 85.7 Å². The Bertz CT molecular complexity index is 1490. The number of rotatable bonds is 7. The maximum absolute atomic E-state index is 12.8. The molecule has 0 radical (unpaired) electrons. The van der Waals surface area contributed by atoms with Crippen LogP contribution < -0.4 is 20.7 Å². The van der Waals surface area contributed by atoms with Crippen molar-refractivity contribution in [2.24, 2.45) is 5.10 Å². The van der Waals surface area contributed by atoms with Gasteiger partial charge in [-0.2, -0.15) is 5.10 Å². The van der Waals surface area contributed by atoms with Crippen molar-refractivity contribution in [2.75, 3.05) is 6.61 Å². The number of aromatic nitrogens is 2. The molecule has 0 atom stereocenters. The zero-order valence-corrected chi connectivity index (χ0v) is 21.6. The molecule has 1 aromatic heterocycles. The van der Waals surface area contributed by atoms with Gasteiger partial charge in [0.25, 0.3) is 5.56 Å². The van der Waals surface area contributed by atoms with Gasteiger partial charge in [0.2, 0.25) is 0 Å². The van der Waals surface area contributed by atoms with Gasteiger partial charge in [-0.25, -0.2) is 4.79 Å². The Labute approximate surface area is 212 Å². The van der Waals surface area contributed by atoms with Crippen LogP contribution in [0.25, 0.3) is 10.9 Å². The van der Waals surface area contributed by atoms with Crippen LogP contribution in [0.5, 0.6) is 11.5 Å². The molecule has 1 heterocycles. The standard InChI is InChI=1S/C25H21Br2N3O4/c1-3-33-20-12-17(13-28-30-24(31)18-6-4-5-7-19(18)29-25(30)32)21(26)22(27)23(20)34-14-16-10-8-15(2)9-11-16/h4-13H,3,14H2,1-2H3,(H,29,32). The summed E-state index contributed by atoms with van der Waals surface area (Å²) in [5.74, 6) is 1.04. The lowest BCUT2D eigenvalue weighted by molar-refractivity contribution is 0.267. The minimum absolute atomic E-state index is 0.362. The third-order valence-electron chi connectivity index (χ3n) is 5.06. The van der Waals surface area contributed by atoms with Crippen LogP contribution in [0, 0.1) is 6.92 Å². The van der Waals surface area contributed by atoms with Gasteiger partial charge in [-0.3, -0.25) is 4.79 Å². The molecule has 0 amide bonds. The fourth-order valence-corrected chi connectivity index (χ4v) is 4.25. The number of fused-ring (bicyclic) bond motifs is 1. The van der Waals surface area contributed by atoms with Crippen LogP contribution in [-0.2, 0) is 6.61 Å². The predicted molar refractivity (Wildman–Crippen MR) is 140 cm³/mol. The van der Waals surface area contributed by atoms with Gasteiger partial charge >= 0.3 is 5.69 Å². The van der Waals surface area contributed by atoms with E-state index in [9.17, 15) is 9.59 Å². The lowest BCUT2D eigenvalue weighted by atomic mass is 10.1. The smallest absolute Gasteiger partial charge is 0.349 e. The van der Waals surface area contributed by atoms with E-state index in [1.807, 2.05) is 38.1 Å². The lowest BCUT2D eigenvalue weighted by Crippen LogP contribution is -2.32. The van der Waals surface area contributed by atoms with Crippen molar-refractivity contribution in [1.82, 2.24) is 9.66 Å². The molecular weight excluding hydrogens is 566 g/mol. The molecule has 4 rings (SSSR count). The Morgan fingerprint density at radius 1 is 1.03 bits per heavy atom. The van der Waals surface area contributed by atoms with Gasteiger partial charge in [-0.15, -0.1) is 4.68 Å². The molecule has 1 N–H and O–H groups in total. The van der Waals surface area contributed by atoms with E-state index in [4.69, 9.17) is 9.47 Å². The number of ether oxygens (including phenoxy) is 2. The van der Waals surface area contributed by atoms with E-state index in [0.29, 0.717) is 50.1 Å². The van der Waals surface area contributed by atoms with Crippen molar-refractivity contribution < 1.29 is 9.47 Å². The van der Waals surface area contributed by atoms with E-state index in [2.05, 4.69) is 41.9 Å². The third-order valence-corrected chi connectivity index (χ3v) is 7.20. The Hall–Kier alpha value is -3.17. The highest BCUT2D eigenvalue weighted by Gasteiger charge is 2.17. The molecule has 3 aromatic carbocycles. The van der Waals surface area contributed by atoms with Gasteiger partial charge in [0.05, 0.1) is 28.2 Å². The minimum Gasteiger partial charge on any atom is -0.490 e. The van der Waals surface area contributed by atoms with Crippen LogP contribution in [0.2, 0.25) is 0 Å². The first-order valence-electron chi connectivity index (χ1n) is 10.5. The Morgan fingerprint density at radius 3 is 2.50 bits per heavy atom. The van der Waals surface area contributed by atoms with Gasteiger partial charge < -0.3 is 14.5 Å². The molecule has 0 unspecified atom stereocenters. The van der Waals surface area contributed by atoms with Gasteiger partial charge in [0, 0.05) is 10.0 Å². The number of aryl methyl sites for hydroxylation is 1. The van der Waals surface area contributed by atoms with Crippen molar-refractivity contribution in [3.63, 3.8) is 0 Å². The molecule has 0 aliphatic rings. The number of aromatic amines is 1. The summed E-state index contributed by atoms with van der Waals surface area (Å²) in [5.41, 5.74) is 2.12. The fraction of sp³-hybridized carbons (Fsp3) is 0.160. The number of para-hydroxylation sites is 1. The number of nitrogens with one attached hydrogen (secondary N) is 1. The van der Waals surface area contributed by atoms with Crippen molar-refractivity contribution in [1.29, 1.82) is 0 Å². The number of nitrogens with zero attached hydrogens (tertiary/aromatic N) is 2. The van der Waals surface area contributed by atoms with E-state index < -0.39 is 11.2 Å². The molecule has 0 bridgehead atoms. The summed E-state index contributed by atoms with van der Waals surface area (Å²) in [6, 6.07) is 16.6. The lowest BCUT2D eigenvalue weighted by Gasteiger charge is -2.16. The van der Waals surface area contributed by atoms with Crippen molar-refractivity contribution in [2.45, 2.75) is 20.5 Å². The first kappa shape index (κ1) is 24.0. The van der Waals surface area contributed by atoms with E-state index in [-0.39, 0.29) is 0 Å². The second kappa shape index (κ2) is 10.4. The molecule has 0 aliphatic carbocycles. The van der Waals surface area contributed by atoms with Gasteiger partial charge in [-0.05, 0) is 69.5 Å². The Kier molecular flexibility index (Phi) is 7.33. The van der Waals surface area contributed by atoms with E-state index >= 15 is 0 Å². The van der Waals surface area contributed by atoms with E-state index in [1.165, 1.54) is 11.8 Å². The van der Waals surface area contributed by atoms with Gasteiger partial charge in [0.1, 0.15) is 6.61 Å². The van der Waals surface area contributed by atoms with Crippen LogP contribution in [0.3, 0.4) is 0 Å². The fourth-order valence-electron chi connectivity index (χ4n) is 3.31. The molecule has 0 aliphatic heterocycles. The zero-order valence-electron chi connectivity index (χ0n) is 18.5. The van der Waals surface area contributed by atoms with Gasteiger partial charge in [0.15, 0.2) is 11.5 Å². The maximum Gasteiger partial charge on any atom is 0.349 e. The minimum atomic E-state index is -0.627. The molecule has 0 spiro atoms. The summed E-state index contributed by atoms with van der Waals surface area (Å²) in [6.07, 6.45) is 1.42. The first-order chi connectivity index (χ1) is 16.4. The van der Waals surface area contributed by atoms with Crippen molar-refractivity contribution in [3.05, 3.63) is 101 Å². The van der Waals surface area contributed by atoms with E-state index in [1.54, 1.807) is 30.3 Å². The number of halogens is 2. The summed E-state index contributed by atoms with van der Waals surface area (Å²) < 4.78 is 13.9. The predicted octanol–water partition coefficient (Wildman–Crippen LogP) is 5.38. The monoisotopic (exact) mass is 585 g/mol. The second-order valence-electron chi connectivity index (χ2n) is 7.47. The summed E-state index contributed by atoms with van der Waals surface area (Å²) >= 11 is 7.13. The highest BCUT2D eigenvalue weighted by atomic mass is 79.9. The molecule has 9 heteroatoms. The zero-order chi connectivity index (χ0) is 24.2. The Morgan fingerprint density at radius 2 is 1.76 bits per heavy atom. The van der Waals surface area contributed by atoms with Crippen LogP contribution in [0.4, 0.5) is 0 Å². The van der Waals surface area contributed by atoms with Crippen molar-refractivity contribution >= 4 is 49.0 Å². The molecule has 7 nitrogen and oxygen atoms in total. The summed E-state index contributed by atoms with van der Waals surface area (Å²) in [7, 11) is 0. The number of benzene rings is 3. The third kappa shape index (κ3) is 5.00. The normalized spacial score (nSPS) is 11.3. The number of H-pyrrole nitrogens is 1. The summed E-state index contributed by atoms with van der Waals surface area (Å²) in [6.45, 7) is 4.70. The van der Waals surface area contributed by atoms with Gasteiger partial charge in [-0.1, -0.05) is 42.0 Å². The molecule has 174 valence electrons. The quantitative estimate of drug-likeness (QED) is 0.295. The second-order valence-corrected chi connectivity index (χ2v) is 9.05. The summed E-state index contributed by atoms with van der Waals surface area (Å²) in [5, 5.41) is 4.52. The molecule has 0 saturated carbocycles. The maximum atomic E-state index is 12.8. The van der Waals surface area contributed by atoms with E-state index in [0.717, 1.165) is 10.2 Å². The molecule has 4 aromatic rings. The average Bonchev–Trinajstić information content (AvgIpc) is 2.83. The molecule has 0 saturated heterocycles. The first-order valence-corrected chi connectivity index (χ1v) is 12.1. The largest absolute Gasteiger partial charge is 0.490 e. The Balaban J connectivity index is 1.70. The van der Waals surface area contributed by atoms with Crippen LogP contribution >= 0.6 is 31.9 Å². The molecular formula is C25H21Br2N3O4. The average molecular weight is 587 g/mol. The number of hydrogen-bond acceptors (Lipinski definition) is 5. The SMILES string of the molecule is CCOc1cc(C=Nn2c(=O)[nH]c3ccccc3c2=O)c(Br)c(Br)c1OCc1ccc(C)cc1. The van der Waals surface area contributed by atoms with Crippen molar-refractivity contribution in [3.8, 4) is 11.5 Å². The molecule has 34 heavy (non-hydrogen) atoms. The molecule has 0 fully saturated rings. The summed E-state index contributed by atoms with van der Waals surface area (Å²) in [4.78, 5) is 27.8. The van der Waals surface area contributed by atoms with Crippen LogP contribution in [0.1, 0.15) is 23.6 Å². The highest BCUT2D eigenvalue weighted by Crippen LogP contribution is 2.42. The number of hydrogen-bond donors (Lipinski definition) is 1. The highest BCUT2D eigenvalue weighted by molar-refractivity contribution is 9.13. The van der Waals surface area contributed by atoms with Crippen LogP contribution in [0.15, 0.2) is 78.2 Å². The van der Waals surface area contributed by atoms with Crippen LogP contribution in [-0.4, -0.2) is 22.5 Å².